The van der Waals surface area contributed by atoms with Gasteiger partial charge in [0.2, 0.25) is 0 Å². The number of halogens is 1. The third-order valence-corrected chi connectivity index (χ3v) is 3.36. The zero-order valence-corrected chi connectivity index (χ0v) is 11.1. The Labute approximate surface area is 117 Å². The van der Waals surface area contributed by atoms with Gasteiger partial charge in [0.05, 0.1) is 6.10 Å². The predicted molar refractivity (Wildman–Crippen MR) is 73.6 cm³/mol. The highest BCUT2D eigenvalue weighted by Crippen LogP contribution is 2.16. The summed E-state index contributed by atoms with van der Waals surface area (Å²) in [6, 6.07) is 4.56. The quantitative estimate of drug-likeness (QED) is 0.826. The maximum Gasteiger partial charge on any atom is 0.328 e. The minimum atomic E-state index is -1.05. The number of aliphatic hydroxyl groups excluding tert-OH is 1. The summed E-state index contributed by atoms with van der Waals surface area (Å²) in [5.74, 6) is -1.43. The van der Waals surface area contributed by atoms with E-state index in [9.17, 15) is 14.3 Å². The second-order valence-corrected chi connectivity index (χ2v) is 5.07. The van der Waals surface area contributed by atoms with Crippen molar-refractivity contribution in [2.75, 3.05) is 13.1 Å². The number of carboxylic acids is 1. The van der Waals surface area contributed by atoms with Gasteiger partial charge in [0, 0.05) is 25.7 Å². The van der Waals surface area contributed by atoms with Gasteiger partial charge in [-0.15, -0.1) is 0 Å². The Morgan fingerprint density at radius 1 is 1.35 bits per heavy atom. The van der Waals surface area contributed by atoms with E-state index in [1.807, 2.05) is 0 Å². The number of hydrogen-bond donors (Lipinski definition) is 2. The second-order valence-electron chi connectivity index (χ2n) is 5.07. The summed E-state index contributed by atoms with van der Waals surface area (Å²) in [5.41, 5.74) is 1.35. The van der Waals surface area contributed by atoms with Gasteiger partial charge in [-0.25, -0.2) is 9.18 Å². The summed E-state index contributed by atoms with van der Waals surface area (Å²) in [5, 5.41) is 18.0. The molecule has 0 amide bonds. The molecule has 1 saturated heterocycles. The number of aliphatic hydroxyl groups is 1. The summed E-state index contributed by atoms with van der Waals surface area (Å²) >= 11 is 0. The van der Waals surface area contributed by atoms with Crippen molar-refractivity contribution in [3.63, 3.8) is 0 Å². The van der Waals surface area contributed by atoms with Crippen molar-refractivity contribution in [2.45, 2.75) is 25.5 Å². The lowest BCUT2D eigenvalue weighted by atomic mass is 10.1. The Morgan fingerprint density at radius 2 is 2.05 bits per heavy atom. The SMILES string of the molecule is O=C(O)C=Cc1cc(F)cc(CN2CCC(O)CC2)c1. The van der Waals surface area contributed by atoms with E-state index in [1.54, 1.807) is 6.07 Å². The van der Waals surface area contributed by atoms with Gasteiger partial charge in [-0.05, 0) is 42.2 Å². The van der Waals surface area contributed by atoms with Gasteiger partial charge in [0.1, 0.15) is 5.82 Å². The third-order valence-electron chi connectivity index (χ3n) is 3.36. The van der Waals surface area contributed by atoms with Crippen LogP contribution in [0.25, 0.3) is 6.08 Å². The van der Waals surface area contributed by atoms with E-state index in [1.165, 1.54) is 18.2 Å². The molecule has 2 rings (SSSR count). The van der Waals surface area contributed by atoms with Crippen LogP contribution >= 0.6 is 0 Å². The van der Waals surface area contributed by atoms with E-state index < -0.39 is 5.97 Å². The number of hydrogen-bond acceptors (Lipinski definition) is 3. The molecule has 4 nitrogen and oxygen atoms in total. The normalized spacial score (nSPS) is 17.7. The highest BCUT2D eigenvalue weighted by atomic mass is 19.1. The number of benzene rings is 1. The van der Waals surface area contributed by atoms with Crippen molar-refractivity contribution in [1.29, 1.82) is 0 Å². The number of piperidine rings is 1. The summed E-state index contributed by atoms with van der Waals surface area (Å²) in [6.45, 7) is 2.19. The fourth-order valence-electron chi connectivity index (χ4n) is 2.37. The van der Waals surface area contributed by atoms with Crippen LogP contribution < -0.4 is 0 Å². The molecule has 0 radical (unpaired) electrons. The van der Waals surface area contributed by atoms with Crippen LogP contribution in [0, 0.1) is 5.82 Å². The highest BCUT2D eigenvalue weighted by Gasteiger charge is 2.17. The average Bonchev–Trinajstić information content (AvgIpc) is 2.38. The molecule has 0 saturated carbocycles. The number of carbonyl (C=O) groups is 1. The lowest BCUT2D eigenvalue weighted by Gasteiger charge is -2.29. The first-order chi connectivity index (χ1) is 9.52. The number of carboxylic acid groups (broad SMARTS) is 1. The van der Waals surface area contributed by atoms with Crippen LogP contribution in [-0.4, -0.2) is 40.3 Å². The molecule has 0 spiro atoms. The zero-order valence-electron chi connectivity index (χ0n) is 11.1. The molecule has 20 heavy (non-hydrogen) atoms. The molecule has 0 atom stereocenters. The molecular weight excluding hydrogens is 261 g/mol. The van der Waals surface area contributed by atoms with E-state index in [-0.39, 0.29) is 11.9 Å². The van der Waals surface area contributed by atoms with E-state index in [0.29, 0.717) is 12.1 Å². The Hall–Kier alpha value is -1.72. The van der Waals surface area contributed by atoms with Crippen LogP contribution in [0.1, 0.15) is 24.0 Å². The molecule has 0 aliphatic carbocycles. The molecule has 2 N–H and O–H groups in total. The summed E-state index contributed by atoms with van der Waals surface area (Å²) < 4.78 is 13.5. The van der Waals surface area contributed by atoms with Crippen molar-refractivity contribution < 1.29 is 19.4 Å². The molecule has 5 heteroatoms. The average molecular weight is 279 g/mol. The molecule has 0 bridgehead atoms. The topological polar surface area (TPSA) is 60.8 Å². The summed E-state index contributed by atoms with van der Waals surface area (Å²) in [4.78, 5) is 12.6. The number of likely N-dealkylation sites (tertiary alicyclic amines) is 1. The molecular formula is C15H18FNO3. The van der Waals surface area contributed by atoms with Crippen molar-refractivity contribution in [1.82, 2.24) is 4.90 Å². The predicted octanol–water partition coefficient (Wildman–Crippen LogP) is 1.88. The smallest absolute Gasteiger partial charge is 0.328 e. The fraction of sp³-hybridized carbons (Fsp3) is 0.400. The van der Waals surface area contributed by atoms with Gasteiger partial charge in [-0.3, -0.25) is 4.90 Å². The molecule has 1 heterocycles. The Morgan fingerprint density at radius 3 is 2.70 bits per heavy atom. The first-order valence-electron chi connectivity index (χ1n) is 6.64. The van der Waals surface area contributed by atoms with Crippen LogP contribution in [-0.2, 0) is 11.3 Å². The zero-order chi connectivity index (χ0) is 14.5. The van der Waals surface area contributed by atoms with Gasteiger partial charge in [-0.2, -0.15) is 0 Å². The van der Waals surface area contributed by atoms with Crippen molar-refractivity contribution in [3.05, 3.63) is 41.2 Å². The van der Waals surface area contributed by atoms with Gasteiger partial charge < -0.3 is 10.2 Å². The van der Waals surface area contributed by atoms with Crippen LogP contribution in [0.5, 0.6) is 0 Å². The first kappa shape index (κ1) is 14.7. The van der Waals surface area contributed by atoms with Gasteiger partial charge in [-0.1, -0.05) is 6.07 Å². The van der Waals surface area contributed by atoms with Crippen molar-refractivity contribution >= 4 is 12.0 Å². The first-order valence-corrected chi connectivity index (χ1v) is 6.64. The Balaban J connectivity index is 2.06. The lowest BCUT2D eigenvalue weighted by molar-refractivity contribution is -0.131. The molecule has 1 aromatic rings. The standard InChI is InChI=1S/C15H18FNO3/c16-13-8-11(1-2-15(19)20)7-12(9-13)10-17-5-3-14(18)4-6-17/h1-2,7-9,14,18H,3-6,10H2,(H,19,20). The molecule has 0 unspecified atom stereocenters. The molecule has 1 fully saturated rings. The Bertz CT molecular complexity index is 508. The van der Waals surface area contributed by atoms with E-state index in [4.69, 9.17) is 5.11 Å². The minimum Gasteiger partial charge on any atom is -0.478 e. The van der Waals surface area contributed by atoms with E-state index in [2.05, 4.69) is 4.90 Å². The number of rotatable bonds is 4. The van der Waals surface area contributed by atoms with Gasteiger partial charge in [0.15, 0.2) is 0 Å². The molecule has 0 aromatic heterocycles. The maximum absolute atomic E-state index is 13.5. The van der Waals surface area contributed by atoms with Crippen LogP contribution in [0.4, 0.5) is 4.39 Å². The fourth-order valence-corrected chi connectivity index (χ4v) is 2.37. The van der Waals surface area contributed by atoms with Gasteiger partial charge in [0.25, 0.3) is 0 Å². The molecule has 1 aliphatic rings. The van der Waals surface area contributed by atoms with E-state index >= 15 is 0 Å². The largest absolute Gasteiger partial charge is 0.478 e. The number of aliphatic carboxylic acids is 1. The van der Waals surface area contributed by atoms with Crippen LogP contribution in [0.3, 0.4) is 0 Å². The van der Waals surface area contributed by atoms with Crippen molar-refractivity contribution in [2.24, 2.45) is 0 Å². The third kappa shape index (κ3) is 4.43. The summed E-state index contributed by atoms with van der Waals surface area (Å²) in [6.07, 6.45) is 3.63. The monoisotopic (exact) mass is 279 g/mol. The molecule has 1 aromatic carbocycles. The van der Waals surface area contributed by atoms with Gasteiger partial charge >= 0.3 is 5.97 Å². The second kappa shape index (κ2) is 6.63. The highest BCUT2D eigenvalue weighted by molar-refractivity contribution is 5.85. The number of nitrogens with zero attached hydrogens (tertiary/aromatic N) is 1. The lowest BCUT2D eigenvalue weighted by Crippen LogP contribution is -2.35. The maximum atomic E-state index is 13.5. The van der Waals surface area contributed by atoms with Crippen molar-refractivity contribution in [3.8, 4) is 0 Å². The van der Waals surface area contributed by atoms with Crippen LogP contribution in [0.15, 0.2) is 24.3 Å². The van der Waals surface area contributed by atoms with E-state index in [0.717, 1.165) is 37.6 Å². The molecule has 108 valence electrons. The molecule has 1 aliphatic heterocycles. The van der Waals surface area contributed by atoms with Crippen LogP contribution in [0.2, 0.25) is 0 Å². The summed E-state index contributed by atoms with van der Waals surface area (Å²) in [7, 11) is 0. The minimum absolute atomic E-state index is 0.229. The Kier molecular flexibility index (Phi) is 4.87.